The molecule has 0 aromatic rings. The van der Waals surface area contributed by atoms with Gasteiger partial charge in [-0.2, -0.15) is 0 Å². The maximum absolute atomic E-state index is 10.8. The molecule has 6 heteroatoms. The molecule has 2 rings (SSSR count). The molecule has 0 spiro atoms. The summed E-state index contributed by atoms with van der Waals surface area (Å²) in [5.41, 5.74) is 0. The zero-order chi connectivity index (χ0) is 10.5. The first kappa shape index (κ1) is 9.11. The van der Waals surface area contributed by atoms with Crippen LogP contribution in [0, 0.1) is 0 Å². The van der Waals surface area contributed by atoms with E-state index in [4.69, 9.17) is 10.2 Å². The molecule has 2 aliphatic rings. The summed E-state index contributed by atoms with van der Waals surface area (Å²) in [6.45, 7) is 2.19. The van der Waals surface area contributed by atoms with Crippen molar-refractivity contribution in [1.82, 2.24) is 9.80 Å². The van der Waals surface area contributed by atoms with Crippen molar-refractivity contribution in [3.63, 3.8) is 0 Å². The van der Waals surface area contributed by atoms with Crippen LogP contribution in [0.1, 0.15) is 13.3 Å². The van der Waals surface area contributed by atoms with Crippen molar-refractivity contribution in [2.45, 2.75) is 31.5 Å². The zero-order valence-corrected chi connectivity index (χ0v) is 7.75. The summed E-state index contributed by atoms with van der Waals surface area (Å²) >= 11 is 0. The Bertz CT molecular complexity index is 281. The van der Waals surface area contributed by atoms with E-state index < -0.39 is 12.2 Å². The lowest BCUT2D eigenvalue weighted by Gasteiger charge is -2.50. The van der Waals surface area contributed by atoms with Crippen LogP contribution in [-0.2, 0) is 0 Å². The number of hydrogen-bond donors (Lipinski definition) is 2. The van der Waals surface area contributed by atoms with Crippen molar-refractivity contribution in [3.8, 4) is 0 Å². The SMILES string of the molecule is C[C@H]1[C@@H]2[C@@H](CCN2C(=O)O)N1C(=O)O. The number of carbonyl (C=O) groups is 2. The number of amides is 2. The Labute approximate surface area is 80.7 Å². The van der Waals surface area contributed by atoms with E-state index in [2.05, 4.69) is 0 Å². The number of hydrogen-bond acceptors (Lipinski definition) is 2. The summed E-state index contributed by atoms with van der Waals surface area (Å²) in [6, 6.07) is -0.474. The van der Waals surface area contributed by atoms with E-state index in [-0.39, 0.29) is 18.1 Å². The minimum absolute atomic E-state index is 0.126. The maximum atomic E-state index is 10.8. The zero-order valence-electron chi connectivity index (χ0n) is 7.75. The van der Waals surface area contributed by atoms with Crippen LogP contribution in [0.2, 0.25) is 0 Å². The second-order valence-corrected chi connectivity index (χ2v) is 3.75. The number of nitrogens with zero attached hydrogens (tertiary/aromatic N) is 2. The minimum Gasteiger partial charge on any atom is -0.465 e. The highest BCUT2D eigenvalue weighted by Crippen LogP contribution is 2.37. The summed E-state index contributed by atoms with van der Waals surface area (Å²) in [4.78, 5) is 24.2. The first-order valence-electron chi connectivity index (χ1n) is 4.55. The van der Waals surface area contributed by atoms with Crippen molar-refractivity contribution < 1.29 is 19.8 Å². The Hall–Kier alpha value is -1.46. The Morgan fingerprint density at radius 1 is 1.29 bits per heavy atom. The predicted octanol–water partition coefficient (Wildman–Crippen LogP) is 0.489. The number of fused-ring (bicyclic) bond motifs is 1. The summed E-state index contributed by atoms with van der Waals surface area (Å²) in [6.07, 6.45) is -1.28. The molecule has 2 saturated heterocycles. The topological polar surface area (TPSA) is 81.1 Å². The molecule has 2 N–H and O–H groups in total. The lowest BCUT2D eigenvalue weighted by molar-refractivity contribution is -0.0153. The second-order valence-electron chi connectivity index (χ2n) is 3.75. The van der Waals surface area contributed by atoms with E-state index in [1.54, 1.807) is 6.92 Å². The van der Waals surface area contributed by atoms with E-state index >= 15 is 0 Å². The number of carboxylic acid groups (broad SMARTS) is 2. The lowest BCUT2D eigenvalue weighted by atomic mass is 9.89. The standard InChI is InChI=1S/C8H12N2O4/c1-4-6-5(10(4)8(13)14)2-3-9(6)7(11)12/h4-6H,2-3H2,1H3,(H,11,12)(H,13,14)/t4-,5+,6+/m0/s1. The normalized spacial score (nSPS) is 35.1. The van der Waals surface area contributed by atoms with Gasteiger partial charge >= 0.3 is 12.2 Å². The largest absolute Gasteiger partial charge is 0.465 e. The van der Waals surface area contributed by atoms with Crippen molar-refractivity contribution >= 4 is 12.2 Å². The van der Waals surface area contributed by atoms with Crippen molar-refractivity contribution in [1.29, 1.82) is 0 Å². The van der Waals surface area contributed by atoms with E-state index in [0.29, 0.717) is 13.0 Å². The van der Waals surface area contributed by atoms with Crippen molar-refractivity contribution in [2.75, 3.05) is 6.54 Å². The van der Waals surface area contributed by atoms with Crippen LogP contribution in [0.5, 0.6) is 0 Å². The highest BCUT2D eigenvalue weighted by atomic mass is 16.4. The summed E-state index contributed by atoms with van der Waals surface area (Å²) in [5, 5.41) is 17.7. The molecule has 78 valence electrons. The first-order chi connectivity index (χ1) is 6.54. The maximum Gasteiger partial charge on any atom is 0.407 e. The minimum atomic E-state index is -0.953. The molecular weight excluding hydrogens is 188 g/mol. The van der Waals surface area contributed by atoms with Gasteiger partial charge < -0.3 is 15.1 Å². The van der Waals surface area contributed by atoms with Crippen LogP contribution in [0.25, 0.3) is 0 Å². The van der Waals surface area contributed by atoms with Crippen LogP contribution in [0.4, 0.5) is 9.59 Å². The average Bonchev–Trinajstić information content (AvgIpc) is 2.42. The fourth-order valence-electron chi connectivity index (χ4n) is 2.59. The third kappa shape index (κ3) is 0.964. The van der Waals surface area contributed by atoms with Gasteiger partial charge in [-0.05, 0) is 13.3 Å². The van der Waals surface area contributed by atoms with E-state index in [1.165, 1.54) is 9.80 Å². The highest BCUT2D eigenvalue weighted by molar-refractivity contribution is 5.71. The molecule has 14 heavy (non-hydrogen) atoms. The molecule has 0 unspecified atom stereocenters. The summed E-state index contributed by atoms with van der Waals surface area (Å²) in [5.74, 6) is 0. The van der Waals surface area contributed by atoms with Gasteiger partial charge in [0.15, 0.2) is 0 Å². The third-order valence-corrected chi connectivity index (χ3v) is 3.18. The third-order valence-electron chi connectivity index (χ3n) is 3.18. The van der Waals surface area contributed by atoms with E-state index in [1.807, 2.05) is 0 Å². The Morgan fingerprint density at radius 2 is 1.93 bits per heavy atom. The molecule has 0 aliphatic carbocycles. The lowest BCUT2D eigenvalue weighted by Crippen LogP contribution is -2.69. The molecule has 2 heterocycles. The molecule has 0 aromatic heterocycles. The van der Waals surface area contributed by atoms with Crippen LogP contribution in [0.3, 0.4) is 0 Å². The summed E-state index contributed by atoms with van der Waals surface area (Å²) < 4.78 is 0. The van der Waals surface area contributed by atoms with Crippen LogP contribution in [-0.4, -0.2) is 56.9 Å². The summed E-state index contributed by atoms with van der Waals surface area (Å²) in [7, 11) is 0. The quantitative estimate of drug-likeness (QED) is 0.596. The van der Waals surface area contributed by atoms with Crippen LogP contribution >= 0.6 is 0 Å². The van der Waals surface area contributed by atoms with Gasteiger partial charge in [-0.25, -0.2) is 9.59 Å². The molecular formula is C8H12N2O4. The Morgan fingerprint density at radius 3 is 2.43 bits per heavy atom. The molecule has 2 aliphatic heterocycles. The Kier molecular flexibility index (Phi) is 1.80. The molecule has 0 saturated carbocycles. The van der Waals surface area contributed by atoms with Gasteiger partial charge in [0.1, 0.15) is 0 Å². The van der Waals surface area contributed by atoms with E-state index in [9.17, 15) is 9.59 Å². The van der Waals surface area contributed by atoms with Crippen LogP contribution < -0.4 is 0 Å². The molecule has 3 atom stereocenters. The van der Waals surface area contributed by atoms with E-state index in [0.717, 1.165) is 0 Å². The van der Waals surface area contributed by atoms with Gasteiger partial charge in [0.05, 0.1) is 18.1 Å². The number of likely N-dealkylation sites (tertiary alicyclic amines) is 2. The van der Waals surface area contributed by atoms with Gasteiger partial charge in [0.25, 0.3) is 0 Å². The molecule has 0 radical (unpaired) electrons. The molecule has 2 amide bonds. The predicted molar refractivity (Wildman–Crippen MR) is 46.2 cm³/mol. The molecule has 0 aromatic carbocycles. The smallest absolute Gasteiger partial charge is 0.407 e. The average molecular weight is 200 g/mol. The van der Waals surface area contributed by atoms with Gasteiger partial charge in [0, 0.05) is 6.54 Å². The monoisotopic (exact) mass is 200 g/mol. The Balaban J connectivity index is 2.12. The number of rotatable bonds is 0. The van der Waals surface area contributed by atoms with Gasteiger partial charge in [-0.15, -0.1) is 0 Å². The van der Waals surface area contributed by atoms with Gasteiger partial charge in [-0.1, -0.05) is 0 Å². The van der Waals surface area contributed by atoms with Crippen molar-refractivity contribution in [3.05, 3.63) is 0 Å². The molecule has 6 nitrogen and oxygen atoms in total. The second kappa shape index (κ2) is 2.76. The first-order valence-corrected chi connectivity index (χ1v) is 4.55. The fraction of sp³-hybridized carbons (Fsp3) is 0.750. The fourth-order valence-corrected chi connectivity index (χ4v) is 2.59. The molecule has 0 bridgehead atoms. The van der Waals surface area contributed by atoms with Gasteiger partial charge in [-0.3, -0.25) is 4.90 Å². The van der Waals surface area contributed by atoms with Crippen molar-refractivity contribution in [2.24, 2.45) is 0 Å². The highest BCUT2D eigenvalue weighted by Gasteiger charge is 2.56. The van der Waals surface area contributed by atoms with Crippen LogP contribution in [0.15, 0.2) is 0 Å². The van der Waals surface area contributed by atoms with Gasteiger partial charge in [0.2, 0.25) is 0 Å². The molecule has 2 fully saturated rings.